The lowest BCUT2D eigenvalue weighted by Gasteiger charge is -1.91. The maximum absolute atomic E-state index is 4.23. The summed E-state index contributed by atoms with van der Waals surface area (Å²) in [5, 5.41) is 0. The average molecular weight is 180 g/mol. The van der Waals surface area contributed by atoms with E-state index in [2.05, 4.69) is 11.2 Å². The minimum absolute atomic E-state index is 0.927. The Morgan fingerprint density at radius 2 is 1.29 bits per heavy atom. The Balaban J connectivity index is 2.16. The lowest BCUT2D eigenvalue weighted by atomic mass is 10.2. The highest BCUT2D eigenvalue weighted by Gasteiger charge is 1.86. The number of hydrogen-bond donors (Lipinski definition) is 0. The Labute approximate surface area is 83.7 Å². The molecule has 0 amide bonds. The molecule has 1 heteroatoms. The predicted octanol–water partition coefficient (Wildman–Crippen LogP) is 3.31. The van der Waals surface area contributed by atoms with Crippen LogP contribution in [0.1, 0.15) is 5.56 Å². The minimum atomic E-state index is 0.927. The van der Waals surface area contributed by atoms with Crippen molar-refractivity contribution in [2.24, 2.45) is 4.99 Å². The topological polar surface area (TPSA) is 12.4 Å². The van der Waals surface area contributed by atoms with Gasteiger partial charge in [-0.25, -0.2) is 4.99 Å². The third-order valence-corrected chi connectivity index (χ3v) is 1.84. The summed E-state index contributed by atoms with van der Waals surface area (Å²) in [5.41, 5.74) is 1.92. The van der Waals surface area contributed by atoms with E-state index < -0.39 is 0 Å². The van der Waals surface area contributed by atoms with E-state index >= 15 is 0 Å². The van der Waals surface area contributed by atoms with Crippen LogP contribution in [-0.2, 0) is 0 Å². The van der Waals surface area contributed by atoms with Gasteiger partial charge in [0.25, 0.3) is 0 Å². The molecule has 2 aromatic carbocycles. The number of rotatable bonds is 2. The maximum atomic E-state index is 4.23. The molecule has 0 atom stereocenters. The molecule has 0 unspecified atom stereocenters. The van der Waals surface area contributed by atoms with Gasteiger partial charge in [0.1, 0.15) is 0 Å². The standard InChI is InChI=1S/C13H10N/c1-3-7-12(8-4-1)11-14-13-9-5-2-6-10-13/h1-10H. The van der Waals surface area contributed by atoms with Crippen molar-refractivity contribution in [2.45, 2.75) is 0 Å². The van der Waals surface area contributed by atoms with Crippen molar-refractivity contribution >= 4 is 11.9 Å². The normalized spacial score (nSPS) is 10.6. The van der Waals surface area contributed by atoms with Crippen LogP contribution in [0.5, 0.6) is 0 Å². The first-order valence-electron chi connectivity index (χ1n) is 4.52. The Morgan fingerprint density at radius 1 is 0.714 bits per heavy atom. The summed E-state index contributed by atoms with van der Waals surface area (Å²) in [6.07, 6.45) is 2.99. The molecule has 0 aliphatic carbocycles. The van der Waals surface area contributed by atoms with E-state index in [1.54, 1.807) is 0 Å². The molecule has 67 valence electrons. The fourth-order valence-electron chi connectivity index (χ4n) is 1.14. The van der Waals surface area contributed by atoms with Crippen LogP contribution in [0.4, 0.5) is 5.69 Å². The molecule has 1 nitrogen and oxygen atoms in total. The molecule has 0 saturated heterocycles. The number of benzene rings is 2. The van der Waals surface area contributed by atoms with E-state index in [-0.39, 0.29) is 0 Å². The highest BCUT2D eigenvalue weighted by molar-refractivity contribution is 5.81. The molecule has 0 bridgehead atoms. The molecule has 0 saturated carbocycles. The predicted molar refractivity (Wildman–Crippen MR) is 59.1 cm³/mol. The Kier molecular flexibility index (Phi) is 2.72. The second-order valence-electron chi connectivity index (χ2n) is 2.93. The lowest BCUT2D eigenvalue weighted by molar-refractivity contribution is 1.53. The van der Waals surface area contributed by atoms with Gasteiger partial charge in [-0.2, -0.15) is 0 Å². The smallest absolute Gasteiger partial charge is 0.0972 e. The Bertz CT molecular complexity index is 362. The molecular weight excluding hydrogens is 170 g/mol. The SMILES string of the molecule is [C](=N/c1ccccc1)/c1ccccc1. The quantitative estimate of drug-likeness (QED) is 0.629. The summed E-state index contributed by atoms with van der Waals surface area (Å²) in [4.78, 5) is 4.23. The molecule has 14 heavy (non-hydrogen) atoms. The van der Waals surface area contributed by atoms with E-state index in [4.69, 9.17) is 0 Å². The fourth-order valence-corrected chi connectivity index (χ4v) is 1.14. The third-order valence-electron chi connectivity index (χ3n) is 1.84. The first kappa shape index (κ1) is 8.70. The van der Waals surface area contributed by atoms with Gasteiger partial charge in [0, 0.05) is 5.56 Å². The molecule has 1 radical (unpaired) electrons. The summed E-state index contributed by atoms with van der Waals surface area (Å²) >= 11 is 0. The van der Waals surface area contributed by atoms with Gasteiger partial charge in [-0.15, -0.1) is 0 Å². The van der Waals surface area contributed by atoms with Crippen LogP contribution in [-0.4, -0.2) is 6.21 Å². The molecule has 0 N–H and O–H groups in total. The first-order chi connectivity index (χ1) is 6.95. The van der Waals surface area contributed by atoms with Gasteiger partial charge in [0.05, 0.1) is 11.9 Å². The zero-order valence-corrected chi connectivity index (χ0v) is 7.72. The Morgan fingerprint density at radius 3 is 1.93 bits per heavy atom. The van der Waals surface area contributed by atoms with E-state index in [9.17, 15) is 0 Å². The van der Waals surface area contributed by atoms with Gasteiger partial charge in [0.2, 0.25) is 0 Å². The van der Waals surface area contributed by atoms with Crippen molar-refractivity contribution in [1.29, 1.82) is 0 Å². The van der Waals surface area contributed by atoms with E-state index in [0.29, 0.717) is 0 Å². The van der Waals surface area contributed by atoms with Gasteiger partial charge in [-0.1, -0.05) is 48.5 Å². The van der Waals surface area contributed by atoms with Gasteiger partial charge < -0.3 is 0 Å². The highest BCUT2D eigenvalue weighted by Crippen LogP contribution is 2.09. The monoisotopic (exact) mass is 180 g/mol. The molecule has 0 aliphatic heterocycles. The molecule has 2 aromatic rings. The van der Waals surface area contributed by atoms with E-state index in [1.165, 1.54) is 0 Å². The van der Waals surface area contributed by atoms with Crippen LogP contribution in [0.15, 0.2) is 65.7 Å². The first-order valence-corrected chi connectivity index (χ1v) is 4.52. The van der Waals surface area contributed by atoms with Crippen molar-refractivity contribution in [3.8, 4) is 0 Å². The molecule has 0 fully saturated rings. The van der Waals surface area contributed by atoms with Gasteiger partial charge in [0.15, 0.2) is 0 Å². The third kappa shape index (κ3) is 2.30. The lowest BCUT2D eigenvalue weighted by Crippen LogP contribution is -1.77. The number of hydrogen-bond acceptors (Lipinski definition) is 1. The fraction of sp³-hybridized carbons (Fsp3) is 0. The van der Waals surface area contributed by atoms with Crippen LogP contribution in [0.25, 0.3) is 0 Å². The molecule has 2 rings (SSSR count). The van der Waals surface area contributed by atoms with Crippen molar-refractivity contribution in [3.63, 3.8) is 0 Å². The average Bonchev–Trinajstić information content (AvgIpc) is 2.29. The largest absolute Gasteiger partial charge is 0.246 e. The zero-order valence-electron chi connectivity index (χ0n) is 7.72. The maximum Gasteiger partial charge on any atom is 0.0972 e. The number of para-hydroxylation sites is 1. The molecular formula is C13H10N. The summed E-state index contributed by atoms with van der Waals surface area (Å²) in [5.74, 6) is 0. The minimum Gasteiger partial charge on any atom is -0.246 e. The van der Waals surface area contributed by atoms with E-state index in [0.717, 1.165) is 11.3 Å². The highest BCUT2D eigenvalue weighted by atomic mass is 14.7. The van der Waals surface area contributed by atoms with E-state index in [1.807, 2.05) is 60.7 Å². The van der Waals surface area contributed by atoms with Gasteiger partial charge >= 0.3 is 0 Å². The van der Waals surface area contributed by atoms with Crippen molar-refractivity contribution < 1.29 is 0 Å². The second-order valence-corrected chi connectivity index (χ2v) is 2.93. The molecule has 0 spiro atoms. The van der Waals surface area contributed by atoms with Gasteiger partial charge in [-0.05, 0) is 12.1 Å². The summed E-state index contributed by atoms with van der Waals surface area (Å²) in [6, 6.07) is 19.7. The van der Waals surface area contributed by atoms with Crippen LogP contribution >= 0.6 is 0 Å². The van der Waals surface area contributed by atoms with Crippen molar-refractivity contribution in [1.82, 2.24) is 0 Å². The molecule has 0 heterocycles. The van der Waals surface area contributed by atoms with Crippen LogP contribution in [0.2, 0.25) is 0 Å². The Hall–Kier alpha value is -1.89. The second kappa shape index (κ2) is 4.38. The number of aliphatic imine (C=N–C) groups is 1. The van der Waals surface area contributed by atoms with Gasteiger partial charge in [-0.3, -0.25) is 0 Å². The molecule has 0 aliphatic rings. The molecule has 0 aromatic heterocycles. The van der Waals surface area contributed by atoms with Crippen LogP contribution in [0.3, 0.4) is 0 Å². The van der Waals surface area contributed by atoms with Crippen LogP contribution < -0.4 is 0 Å². The summed E-state index contributed by atoms with van der Waals surface area (Å²) in [7, 11) is 0. The van der Waals surface area contributed by atoms with Crippen molar-refractivity contribution in [3.05, 3.63) is 66.2 Å². The van der Waals surface area contributed by atoms with Crippen molar-refractivity contribution in [2.75, 3.05) is 0 Å². The number of nitrogens with zero attached hydrogens (tertiary/aromatic N) is 1. The summed E-state index contributed by atoms with van der Waals surface area (Å²) < 4.78 is 0. The van der Waals surface area contributed by atoms with Crippen LogP contribution in [0, 0.1) is 0 Å². The summed E-state index contributed by atoms with van der Waals surface area (Å²) in [6.45, 7) is 0. The zero-order chi connectivity index (χ0) is 9.64.